The van der Waals surface area contributed by atoms with Crippen molar-refractivity contribution < 1.29 is 9.90 Å². The number of rotatable bonds is 3. The van der Waals surface area contributed by atoms with E-state index in [-0.39, 0.29) is 12.5 Å². The van der Waals surface area contributed by atoms with Gasteiger partial charge < -0.3 is 10.0 Å². The molecule has 0 spiro atoms. The van der Waals surface area contributed by atoms with Crippen molar-refractivity contribution in [1.82, 2.24) is 14.3 Å². The molecule has 102 valence electrons. The molecular weight excluding hydrogens is 310 g/mol. The lowest BCUT2D eigenvalue weighted by Gasteiger charge is -2.15. The fraction of sp³-hybridized carbons (Fsp3) is 0.385. The SMILES string of the molecule is Cc1nc2c(C)cc(Br)cn2c1C(=O)N(C)CCO. The molecule has 1 amide bonds. The van der Waals surface area contributed by atoms with Crippen LogP contribution >= 0.6 is 15.9 Å². The van der Waals surface area contributed by atoms with Crippen LogP contribution in [0.25, 0.3) is 5.65 Å². The summed E-state index contributed by atoms with van der Waals surface area (Å²) in [6.07, 6.45) is 1.84. The molecule has 1 N–H and O–H groups in total. The lowest BCUT2D eigenvalue weighted by molar-refractivity contribution is 0.0759. The molecule has 5 nitrogen and oxygen atoms in total. The first-order valence-corrected chi connectivity index (χ1v) is 6.76. The summed E-state index contributed by atoms with van der Waals surface area (Å²) in [6.45, 7) is 4.03. The van der Waals surface area contributed by atoms with Crippen molar-refractivity contribution in [3.05, 3.63) is 33.7 Å². The first-order chi connectivity index (χ1) is 8.95. The lowest BCUT2D eigenvalue weighted by Crippen LogP contribution is -2.30. The number of hydrogen-bond acceptors (Lipinski definition) is 3. The molecule has 0 aromatic carbocycles. The van der Waals surface area contributed by atoms with Crippen molar-refractivity contribution in [3.63, 3.8) is 0 Å². The number of nitrogens with zero attached hydrogens (tertiary/aromatic N) is 3. The van der Waals surface area contributed by atoms with Gasteiger partial charge in [0, 0.05) is 24.3 Å². The highest BCUT2D eigenvalue weighted by Gasteiger charge is 2.20. The van der Waals surface area contributed by atoms with Crippen LogP contribution in [0.3, 0.4) is 0 Å². The quantitative estimate of drug-likeness (QED) is 0.935. The zero-order chi connectivity index (χ0) is 14.2. The van der Waals surface area contributed by atoms with E-state index >= 15 is 0 Å². The van der Waals surface area contributed by atoms with E-state index in [9.17, 15) is 4.79 Å². The maximum atomic E-state index is 12.4. The number of carbonyl (C=O) groups is 1. The number of fused-ring (bicyclic) bond motifs is 1. The predicted octanol–water partition coefficient (Wildman–Crippen LogP) is 1.78. The maximum Gasteiger partial charge on any atom is 0.272 e. The number of likely N-dealkylation sites (N-methyl/N-ethyl adjacent to an activating group) is 1. The van der Waals surface area contributed by atoms with Gasteiger partial charge in [-0.05, 0) is 41.4 Å². The number of halogens is 1. The molecule has 0 radical (unpaired) electrons. The summed E-state index contributed by atoms with van der Waals surface area (Å²) in [4.78, 5) is 18.3. The molecule has 0 aliphatic carbocycles. The number of aliphatic hydroxyl groups excluding tert-OH is 1. The first kappa shape index (κ1) is 14.0. The number of carbonyl (C=O) groups excluding carboxylic acids is 1. The second-order valence-corrected chi connectivity index (χ2v) is 5.45. The third-order valence-electron chi connectivity index (χ3n) is 3.03. The Bertz CT molecular complexity index is 636. The van der Waals surface area contributed by atoms with Crippen LogP contribution in [0, 0.1) is 13.8 Å². The van der Waals surface area contributed by atoms with Crippen LogP contribution < -0.4 is 0 Å². The van der Waals surface area contributed by atoms with Crippen molar-refractivity contribution in [2.24, 2.45) is 0 Å². The molecule has 2 aromatic heterocycles. The molecule has 0 aliphatic rings. The molecular formula is C13H16BrN3O2. The highest BCUT2D eigenvalue weighted by molar-refractivity contribution is 9.10. The van der Waals surface area contributed by atoms with E-state index in [4.69, 9.17) is 5.11 Å². The van der Waals surface area contributed by atoms with Crippen molar-refractivity contribution in [2.45, 2.75) is 13.8 Å². The van der Waals surface area contributed by atoms with E-state index < -0.39 is 0 Å². The summed E-state index contributed by atoms with van der Waals surface area (Å²) >= 11 is 3.43. The third-order valence-corrected chi connectivity index (χ3v) is 3.46. The number of pyridine rings is 1. The minimum Gasteiger partial charge on any atom is -0.395 e. The summed E-state index contributed by atoms with van der Waals surface area (Å²) in [5.41, 5.74) is 3.01. The zero-order valence-electron chi connectivity index (χ0n) is 11.1. The van der Waals surface area contributed by atoms with Crippen LogP contribution in [0.1, 0.15) is 21.7 Å². The van der Waals surface area contributed by atoms with E-state index in [0.29, 0.717) is 17.9 Å². The van der Waals surface area contributed by atoms with Gasteiger partial charge in [-0.15, -0.1) is 0 Å². The van der Waals surface area contributed by atoms with Gasteiger partial charge in [0.15, 0.2) is 0 Å². The van der Waals surface area contributed by atoms with E-state index in [1.54, 1.807) is 11.4 Å². The summed E-state index contributed by atoms with van der Waals surface area (Å²) in [5.74, 6) is -0.142. The number of amides is 1. The third kappa shape index (κ3) is 2.50. The van der Waals surface area contributed by atoms with Crippen molar-refractivity contribution in [2.75, 3.05) is 20.2 Å². The Kier molecular flexibility index (Phi) is 3.91. The summed E-state index contributed by atoms with van der Waals surface area (Å²) < 4.78 is 2.69. The number of aliphatic hydroxyl groups is 1. The maximum absolute atomic E-state index is 12.4. The van der Waals surface area contributed by atoms with Gasteiger partial charge in [-0.1, -0.05) is 0 Å². The Morgan fingerprint density at radius 1 is 1.53 bits per heavy atom. The van der Waals surface area contributed by atoms with Gasteiger partial charge in [0.1, 0.15) is 11.3 Å². The van der Waals surface area contributed by atoms with Crippen molar-refractivity contribution in [3.8, 4) is 0 Å². The van der Waals surface area contributed by atoms with Crippen LogP contribution in [-0.4, -0.2) is 45.5 Å². The van der Waals surface area contributed by atoms with E-state index in [0.717, 1.165) is 15.7 Å². The highest BCUT2D eigenvalue weighted by atomic mass is 79.9. The second kappa shape index (κ2) is 5.30. The summed E-state index contributed by atoms with van der Waals surface area (Å²) in [6, 6.07) is 1.97. The Balaban J connectivity index is 2.60. The Morgan fingerprint density at radius 2 is 2.21 bits per heavy atom. The molecule has 19 heavy (non-hydrogen) atoms. The number of imidazole rings is 1. The smallest absolute Gasteiger partial charge is 0.272 e. The molecule has 6 heteroatoms. The summed E-state index contributed by atoms with van der Waals surface area (Å²) in [5, 5.41) is 8.93. The first-order valence-electron chi connectivity index (χ1n) is 5.97. The van der Waals surface area contributed by atoms with Crippen LogP contribution in [0.2, 0.25) is 0 Å². The van der Waals surface area contributed by atoms with E-state index in [1.807, 2.05) is 26.1 Å². The Morgan fingerprint density at radius 3 is 2.84 bits per heavy atom. The molecule has 2 rings (SSSR count). The molecule has 2 heterocycles. The normalized spacial score (nSPS) is 11.0. The average molecular weight is 326 g/mol. The number of aromatic nitrogens is 2. The van der Waals surface area contributed by atoms with Gasteiger partial charge >= 0.3 is 0 Å². The lowest BCUT2D eigenvalue weighted by atomic mass is 10.3. The van der Waals surface area contributed by atoms with Gasteiger partial charge in [0.05, 0.1) is 12.3 Å². The molecule has 0 bridgehead atoms. The standard InChI is InChI=1S/C13H16BrN3O2/c1-8-6-10(14)7-17-11(9(2)15-12(8)17)13(19)16(3)4-5-18/h6-7,18H,4-5H2,1-3H3. The predicted molar refractivity (Wildman–Crippen MR) is 76.4 cm³/mol. The van der Waals surface area contributed by atoms with Gasteiger partial charge in [0.2, 0.25) is 0 Å². The molecule has 0 fully saturated rings. The monoisotopic (exact) mass is 325 g/mol. The Hall–Kier alpha value is -1.40. The zero-order valence-corrected chi connectivity index (χ0v) is 12.7. The molecule has 0 saturated carbocycles. The molecule has 2 aromatic rings. The largest absolute Gasteiger partial charge is 0.395 e. The van der Waals surface area contributed by atoms with Gasteiger partial charge in [-0.3, -0.25) is 9.20 Å². The fourth-order valence-electron chi connectivity index (χ4n) is 2.07. The number of hydrogen-bond donors (Lipinski definition) is 1. The van der Waals surface area contributed by atoms with E-state index in [2.05, 4.69) is 20.9 Å². The van der Waals surface area contributed by atoms with Crippen LogP contribution in [-0.2, 0) is 0 Å². The molecule has 0 unspecified atom stereocenters. The number of aryl methyl sites for hydroxylation is 2. The molecule has 0 saturated heterocycles. The second-order valence-electron chi connectivity index (χ2n) is 4.53. The highest BCUT2D eigenvalue weighted by Crippen LogP contribution is 2.21. The summed E-state index contributed by atoms with van der Waals surface area (Å²) in [7, 11) is 1.67. The van der Waals surface area contributed by atoms with Crippen LogP contribution in [0.4, 0.5) is 0 Å². The minimum absolute atomic E-state index is 0.0548. The van der Waals surface area contributed by atoms with Crippen LogP contribution in [0.5, 0.6) is 0 Å². The average Bonchev–Trinajstić information content (AvgIpc) is 2.65. The Labute approximate surface area is 120 Å². The topological polar surface area (TPSA) is 57.8 Å². The fourth-order valence-corrected chi connectivity index (χ4v) is 2.62. The van der Waals surface area contributed by atoms with Gasteiger partial charge in [-0.2, -0.15) is 0 Å². The van der Waals surface area contributed by atoms with E-state index in [1.165, 1.54) is 4.90 Å². The van der Waals surface area contributed by atoms with Gasteiger partial charge in [-0.25, -0.2) is 4.98 Å². The van der Waals surface area contributed by atoms with Gasteiger partial charge in [0.25, 0.3) is 5.91 Å². The van der Waals surface area contributed by atoms with Crippen LogP contribution in [0.15, 0.2) is 16.7 Å². The van der Waals surface area contributed by atoms with Crippen molar-refractivity contribution in [1.29, 1.82) is 0 Å². The molecule has 0 aliphatic heterocycles. The minimum atomic E-state index is -0.142. The van der Waals surface area contributed by atoms with Crippen molar-refractivity contribution >= 4 is 27.5 Å². The molecule has 0 atom stereocenters.